The fourth-order valence-electron chi connectivity index (χ4n) is 4.87. The highest BCUT2D eigenvalue weighted by Crippen LogP contribution is 2.30. The van der Waals surface area contributed by atoms with Crippen LogP contribution in [0.3, 0.4) is 0 Å². The maximum atomic E-state index is 13.5. The van der Waals surface area contributed by atoms with Crippen LogP contribution in [0.25, 0.3) is 0 Å². The Morgan fingerprint density at radius 1 is 1.09 bits per heavy atom. The lowest BCUT2D eigenvalue weighted by atomic mass is 9.91. The molecule has 0 radical (unpaired) electrons. The number of aromatic nitrogens is 1. The summed E-state index contributed by atoms with van der Waals surface area (Å²) in [6.45, 7) is 4.09. The van der Waals surface area contributed by atoms with E-state index in [9.17, 15) is 24.0 Å². The first-order chi connectivity index (χ1) is 22.1. The van der Waals surface area contributed by atoms with Gasteiger partial charge in [0.05, 0.1) is 13.0 Å². The van der Waals surface area contributed by atoms with Crippen LogP contribution in [0.1, 0.15) is 49.7 Å². The first-order valence-corrected chi connectivity index (χ1v) is 15.0. The molecule has 14 heteroatoms. The molecule has 1 aromatic heterocycles. The number of ether oxygens (including phenoxy) is 7. The van der Waals surface area contributed by atoms with E-state index in [1.54, 1.807) is 26.0 Å². The maximum absolute atomic E-state index is 13.5. The van der Waals surface area contributed by atoms with E-state index in [4.69, 9.17) is 33.2 Å². The van der Waals surface area contributed by atoms with Crippen LogP contribution in [-0.4, -0.2) is 86.2 Å². The summed E-state index contributed by atoms with van der Waals surface area (Å²) >= 11 is 0. The molecule has 0 spiro atoms. The van der Waals surface area contributed by atoms with E-state index in [2.05, 4.69) is 10.3 Å². The van der Waals surface area contributed by atoms with Crippen molar-refractivity contribution in [3.8, 4) is 11.5 Å². The summed E-state index contributed by atoms with van der Waals surface area (Å²) in [7, 11) is 1.34. The van der Waals surface area contributed by atoms with Crippen LogP contribution in [-0.2, 0) is 49.3 Å². The molecule has 4 rings (SSSR count). The van der Waals surface area contributed by atoms with E-state index in [0.29, 0.717) is 13.0 Å². The van der Waals surface area contributed by atoms with E-state index in [0.717, 1.165) is 12.0 Å². The largest absolute Gasteiger partial charge is 0.493 e. The molecule has 5 atom stereocenters. The molecule has 2 aromatic rings. The summed E-state index contributed by atoms with van der Waals surface area (Å²) in [4.78, 5) is 69.1. The lowest BCUT2D eigenvalue weighted by Gasteiger charge is -2.29. The zero-order valence-electron chi connectivity index (χ0n) is 26.1. The van der Waals surface area contributed by atoms with Gasteiger partial charge in [0.15, 0.2) is 35.4 Å². The van der Waals surface area contributed by atoms with Gasteiger partial charge >= 0.3 is 23.9 Å². The molecule has 0 bridgehead atoms. The first kappa shape index (κ1) is 34.2. The van der Waals surface area contributed by atoms with E-state index in [-0.39, 0.29) is 23.6 Å². The molecule has 0 aliphatic carbocycles. The van der Waals surface area contributed by atoms with Crippen LogP contribution in [0, 0.1) is 11.8 Å². The van der Waals surface area contributed by atoms with Crippen molar-refractivity contribution in [2.24, 2.45) is 11.8 Å². The fourth-order valence-corrected chi connectivity index (χ4v) is 4.87. The number of nitrogens with one attached hydrogen (secondary N) is 1. The molecule has 248 valence electrons. The Morgan fingerprint density at radius 3 is 2.52 bits per heavy atom. The molecule has 2 saturated heterocycles. The van der Waals surface area contributed by atoms with Crippen LogP contribution < -0.4 is 14.8 Å². The van der Waals surface area contributed by atoms with E-state index < -0.39 is 79.4 Å². The molecule has 2 aliphatic heterocycles. The molecule has 0 saturated carbocycles. The highest BCUT2D eigenvalue weighted by atomic mass is 16.7. The Labute approximate surface area is 266 Å². The summed E-state index contributed by atoms with van der Waals surface area (Å²) in [5.41, 5.74) is 0.473. The number of hydrogen-bond acceptors (Lipinski definition) is 13. The molecule has 2 fully saturated rings. The highest BCUT2D eigenvalue weighted by molar-refractivity contribution is 5.98. The van der Waals surface area contributed by atoms with E-state index >= 15 is 0 Å². The Morgan fingerprint density at radius 2 is 1.85 bits per heavy atom. The molecule has 5 unspecified atom stereocenters. The second-order valence-corrected chi connectivity index (χ2v) is 11.1. The van der Waals surface area contributed by atoms with Crippen molar-refractivity contribution in [2.75, 3.05) is 27.1 Å². The predicted octanol–water partition coefficient (Wildman–Crippen LogP) is 2.16. The lowest BCUT2D eigenvalue weighted by molar-refractivity contribution is -0.176. The smallest absolute Gasteiger partial charge is 0.338 e. The quantitative estimate of drug-likeness (QED) is 0.215. The SMILES string of the molecule is COc1ccnc(C(=O)NC2COC(=O)C(Cc3ccccc3)C(OC(=O)C(C)C)C(C)OC2=O)c1OCOC(=O)C1CCCO1. The van der Waals surface area contributed by atoms with Gasteiger partial charge < -0.3 is 38.5 Å². The molecular weight excluding hydrogens is 604 g/mol. The third kappa shape index (κ3) is 8.71. The third-order valence-corrected chi connectivity index (χ3v) is 7.37. The van der Waals surface area contributed by atoms with Crippen LogP contribution in [0.4, 0.5) is 0 Å². The van der Waals surface area contributed by atoms with Crippen molar-refractivity contribution in [3.63, 3.8) is 0 Å². The highest BCUT2D eigenvalue weighted by Gasteiger charge is 2.42. The second-order valence-electron chi connectivity index (χ2n) is 11.1. The van der Waals surface area contributed by atoms with E-state index in [1.165, 1.54) is 26.3 Å². The molecule has 14 nitrogen and oxygen atoms in total. The van der Waals surface area contributed by atoms with Crippen molar-refractivity contribution in [2.45, 2.75) is 64.4 Å². The van der Waals surface area contributed by atoms with Crippen molar-refractivity contribution in [3.05, 3.63) is 53.9 Å². The number of amides is 1. The molecule has 2 aliphatic rings. The molecule has 46 heavy (non-hydrogen) atoms. The summed E-state index contributed by atoms with van der Waals surface area (Å²) in [5, 5.41) is 2.47. The monoisotopic (exact) mass is 642 g/mol. The Kier molecular flexibility index (Phi) is 11.9. The topological polar surface area (TPSA) is 175 Å². The Bertz CT molecular complexity index is 1390. The van der Waals surface area contributed by atoms with Crippen LogP contribution in [0.15, 0.2) is 42.6 Å². The van der Waals surface area contributed by atoms with Crippen molar-refractivity contribution in [1.82, 2.24) is 10.3 Å². The number of benzene rings is 1. The average Bonchev–Trinajstić information content (AvgIpc) is 3.60. The van der Waals surface area contributed by atoms with Gasteiger partial charge in [-0.05, 0) is 31.7 Å². The average molecular weight is 643 g/mol. The van der Waals surface area contributed by atoms with Crippen LogP contribution in [0.2, 0.25) is 0 Å². The van der Waals surface area contributed by atoms with Gasteiger partial charge in [-0.25, -0.2) is 14.6 Å². The van der Waals surface area contributed by atoms with Crippen molar-refractivity contribution >= 4 is 29.8 Å². The summed E-state index contributed by atoms with van der Waals surface area (Å²) in [6, 6.07) is 9.02. The second kappa shape index (κ2) is 16.0. The van der Waals surface area contributed by atoms with Gasteiger partial charge in [-0.3, -0.25) is 14.4 Å². The minimum atomic E-state index is -1.46. The van der Waals surface area contributed by atoms with Gasteiger partial charge in [-0.15, -0.1) is 0 Å². The number of hydrogen-bond donors (Lipinski definition) is 1. The zero-order chi connectivity index (χ0) is 33.2. The van der Waals surface area contributed by atoms with Gasteiger partial charge in [0, 0.05) is 18.9 Å². The number of pyridine rings is 1. The Hall–Kier alpha value is -4.72. The first-order valence-electron chi connectivity index (χ1n) is 15.0. The molecule has 1 amide bonds. The number of rotatable bonds is 11. The number of methoxy groups -OCH3 is 1. The van der Waals surface area contributed by atoms with Crippen molar-refractivity contribution < 1.29 is 57.1 Å². The van der Waals surface area contributed by atoms with Crippen LogP contribution >= 0.6 is 0 Å². The third-order valence-electron chi connectivity index (χ3n) is 7.37. The van der Waals surface area contributed by atoms with Gasteiger partial charge in [-0.1, -0.05) is 44.2 Å². The number of esters is 4. The molecule has 1 aromatic carbocycles. The molecular formula is C32H38N2O12. The van der Waals surface area contributed by atoms with Crippen molar-refractivity contribution in [1.29, 1.82) is 0 Å². The number of nitrogens with zero attached hydrogens (tertiary/aromatic N) is 1. The summed E-state index contributed by atoms with van der Waals surface area (Å²) < 4.78 is 38.1. The van der Waals surface area contributed by atoms with Gasteiger partial charge in [0.25, 0.3) is 5.91 Å². The molecule has 1 N–H and O–H groups in total. The minimum absolute atomic E-state index is 0.101. The number of carbonyl (C=O) groups excluding carboxylic acids is 5. The van der Waals surface area contributed by atoms with E-state index in [1.807, 2.05) is 18.2 Å². The lowest BCUT2D eigenvalue weighted by Crippen LogP contribution is -2.47. The van der Waals surface area contributed by atoms with Gasteiger partial charge in [-0.2, -0.15) is 0 Å². The predicted molar refractivity (Wildman–Crippen MR) is 157 cm³/mol. The minimum Gasteiger partial charge on any atom is -0.493 e. The van der Waals surface area contributed by atoms with Gasteiger partial charge in [0.2, 0.25) is 6.79 Å². The number of carbonyl (C=O) groups is 5. The fraction of sp³-hybridized carbons (Fsp3) is 0.500. The standard InChI is InChI=1S/C32H38N2O12/c1-18(2)29(36)46-26-19(3)45-31(38)22(16-42-30(37)21(26)15-20-9-6-5-7-10-20)34-28(35)25-27(23(40-4)12-13-33-25)43-17-44-32(39)24-11-8-14-41-24/h5-7,9-10,12-13,18-19,21-22,24,26H,8,11,14-17H2,1-4H3,(H,34,35). The summed E-state index contributed by atoms with van der Waals surface area (Å²) in [6.07, 6.45) is -0.263. The normalized spacial score (nSPS) is 23.2. The van der Waals surface area contributed by atoms with Crippen LogP contribution in [0.5, 0.6) is 11.5 Å². The zero-order valence-corrected chi connectivity index (χ0v) is 26.1. The number of cyclic esters (lactones) is 2. The summed E-state index contributed by atoms with van der Waals surface area (Å²) in [5.74, 6) is -5.35. The Balaban J connectivity index is 1.52. The maximum Gasteiger partial charge on any atom is 0.338 e. The molecule has 3 heterocycles. The van der Waals surface area contributed by atoms with Gasteiger partial charge in [0.1, 0.15) is 18.6 Å².